The first-order valence-electron chi connectivity index (χ1n) is 4.17. The van der Waals surface area contributed by atoms with Gasteiger partial charge in [-0.15, -0.1) is 11.8 Å². The van der Waals surface area contributed by atoms with E-state index in [9.17, 15) is 13.2 Å². The zero-order valence-electron chi connectivity index (χ0n) is 7.86. The SMILES string of the molecule is CONC(=O)CS[C@H]1CCS(=O)(=O)C1. The number of carbonyl (C=O) groups is 1. The van der Waals surface area contributed by atoms with Gasteiger partial charge in [-0.1, -0.05) is 0 Å². The lowest BCUT2D eigenvalue weighted by Gasteiger charge is -2.06. The van der Waals surface area contributed by atoms with Crippen molar-refractivity contribution in [2.24, 2.45) is 0 Å². The van der Waals surface area contributed by atoms with Crippen molar-refractivity contribution in [1.82, 2.24) is 5.48 Å². The predicted molar refractivity (Wildman–Crippen MR) is 54.7 cm³/mol. The molecule has 0 aliphatic carbocycles. The molecule has 7 heteroatoms. The molecule has 0 radical (unpaired) electrons. The molecule has 14 heavy (non-hydrogen) atoms. The minimum atomic E-state index is -2.84. The molecular formula is C7H13NO4S2. The molecule has 0 spiro atoms. The number of hydrogen-bond donors (Lipinski definition) is 1. The molecule has 1 atom stereocenters. The minimum Gasteiger partial charge on any atom is -0.277 e. The summed E-state index contributed by atoms with van der Waals surface area (Å²) >= 11 is 1.36. The molecule has 0 bridgehead atoms. The van der Waals surface area contributed by atoms with Crippen LogP contribution in [-0.2, 0) is 19.5 Å². The third-order valence-electron chi connectivity index (χ3n) is 1.86. The zero-order valence-corrected chi connectivity index (χ0v) is 9.49. The third-order valence-corrected chi connectivity index (χ3v) is 5.14. The smallest absolute Gasteiger partial charge is 0.253 e. The number of carbonyl (C=O) groups excluding carboxylic acids is 1. The van der Waals surface area contributed by atoms with Crippen molar-refractivity contribution in [3.05, 3.63) is 0 Å². The van der Waals surface area contributed by atoms with Gasteiger partial charge in [0.15, 0.2) is 9.84 Å². The van der Waals surface area contributed by atoms with Gasteiger partial charge in [-0.3, -0.25) is 9.63 Å². The maximum absolute atomic E-state index is 11.1. The Morgan fingerprint density at radius 2 is 2.36 bits per heavy atom. The highest BCUT2D eigenvalue weighted by atomic mass is 32.2. The van der Waals surface area contributed by atoms with Crippen molar-refractivity contribution in [2.75, 3.05) is 24.4 Å². The van der Waals surface area contributed by atoms with E-state index in [4.69, 9.17) is 0 Å². The van der Waals surface area contributed by atoms with Crippen LogP contribution >= 0.6 is 11.8 Å². The highest BCUT2D eigenvalue weighted by Gasteiger charge is 2.28. The second kappa shape index (κ2) is 4.99. The maximum Gasteiger partial charge on any atom is 0.253 e. The van der Waals surface area contributed by atoms with Gasteiger partial charge in [0.1, 0.15) is 0 Å². The van der Waals surface area contributed by atoms with E-state index in [0.29, 0.717) is 6.42 Å². The first-order chi connectivity index (χ1) is 6.53. The fraction of sp³-hybridized carbons (Fsp3) is 0.857. The Balaban J connectivity index is 2.24. The number of amides is 1. The first-order valence-corrected chi connectivity index (χ1v) is 7.04. The van der Waals surface area contributed by atoms with Crippen LogP contribution in [0.5, 0.6) is 0 Å². The van der Waals surface area contributed by atoms with E-state index in [1.807, 2.05) is 0 Å². The summed E-state index contributed by atoms with van der Waals surface area (Å²) in [6, 6.07) is 0. The van der Waals surface area contributed by atoms with Crippen LogP contribution in [0.15, 0.2) is 0 Å². The van der Waals surface area contributed by atoms with Gasteiger partial charge in [0.25, 0.3) is 5.91 Å². The lowest BCUT2D eigenvalue weighted by atomic mass is 10.4. The molecule has 1 amide bonds. The summed E-state index contributed by atoms with van der Waals surface area (Å²) < 4.78 is 22.1. The highest BCUT2D eigenvalue weighted by molar-refractivity contribution is 8.02. The lowest BCUT2D eigenvalue weighted by Crippen LogP contribution is -2.24. The second-order valence-corrected chi connectivity index (χ2v) is 6.58. The summed E-state index contributed by atoms with van der Waals surface area (Å²) in [7, 11) is -1.48. The van der Waals surface area contributed by atoms with E-state index < -0.39 is 9.84 Å². The molecule has 82 valence electrons. The van der Waals surface area contributed by atoms with Gasteiger partial charge in [0, 0.05) is 5.25 Å². The molecule has 0 aromatic rings. The molecular weight excluding hydrogens is 226 g/mol. The topological polar surface area (TPSA) is 72.5 Å². The Kier molecular flexibility index (Phi) is 4.21. The second-order valence-electron chi connectivity index (χ2n) is 3.07. The Bertz CT molecular complexity index is 301. The lowest BCUT2D eigenvalue weighted by molar-refractivity contribution is -0.128. The van der Waals surface area contributed by atoms with E-state index in [1.54, 1.807) is 0 Å². The van der Waals surface area contributed by atoms with Gasteiger partial charge in [0.2, 0.25) is 0 Å². The third kappa shape index (κ3) is 3.85. The predicted octanol–water partition coefficient (Wildman–Crippen LogP) is -0.416. The molecule has 0 aromatic heterocycles. The van der Waals surface area contributed by atoms with Crippen LogP contribution < -0.4 is 5.48 Å². The minimum absolute atomic E-state index is 0.0580. The molecule has 1 aliphatic heterocycles. The number of hydroxylamine groups is 1. The summed E-state index contributed by atoms with van der Waals surface area (Å²) in [6.45, 7) is 0. The van der Waals surface area contributed by atoms with E-state index in [-0.39, 0.29) is 28.4 Å². The number of hydrogen-bond acceptors (Lipinski definition) is 5. The maximum atomic E-state index is 11.1. The quantitative estimate of drug-likeness (QED) is 0.675. The van der Waals surface area contributed by atoms with Crippen molar-refractivity contribution in [3.8, 4) is 0 Å². The largest absolute Gasteiger partial charge is 0.277 e. The fourth-order valence-corrected chi connectivity index (χ4v) is 4.66. The van der Waals surface area contributed by atoms with Crippen LogP contribution in [0.25, 0.3) is 0 Å². The molecule has 1 saturated heterocycles. The fourth-order valence-electron chi connectivity index (χ4n) is 1.23. The van der Waals surface area contributed by atoms with Crippen molar-refractivity contribution >= 4 is 27.5 Å². The standard InChI is InChI=1S/C7H13NO4S2/c1-12-8-7(9)4-13-6-2-3-14(10,11)5-6/h6H,2-5H2,1H3,(H,8,9)/t6-/m0/s1. The molecule has 1 N–H and O–H groups in total. The van der Waals surface area contributed by atoms with Gasteiger partial charge < -0.3 is 0 Å². The number of thioether (sulfide) groups is 1. The monoisotopic (exact) mass is 239 g/mol. The average Bonchev–Trinajstić information content (AvgIpc) is 2.43. The van der Waals surface area contributed by atoms with Gasteiger partial charge in [-0.25, -0.2) is 13.9 Å². The summed E-state index contributed by atoms with van der Waals surface area (Å²) in [6.07, 6.45) is 0.646. The van der Waals surface area contributed by atoms with E-state index in [1.165, 1.54) is 18.9 Å². The van der Waals surface area contributed by atoms with Crippen molar-refractivity contribution < 1.29 is 18.0 Å². The molecule has 0 saturated carbocycles. The molecule has 1 rings (SSSR count). The molecule has 0 unspecified atom stereocenters. The summed E-state index contributed by atoms with van der Waals surface area (Å²) in [4.78, 5) is 15.4. The van der Waals surface area contributed by atoms with Gasteiger partial charge >= 0.3 is 0 Å². The summed E-state index contributed by atoms with van der Waals surface area (Å²) in [5.41, 5.74) is 2.18. The Labute approximate surface area is 87.5 Å². The van der Waals surface area contributed by atoms with E-state index in [0.717, 1.165) is 0 Å². The van der Waals surface area contributed by atoms with Crippen molar-refractivity contribution in [1.29, 1.82) is 0 Å². The molecule has 0 aromatic carbocycles. The van der Waals surface area contributed by atoms with Crippen LogP contribution in [0, 0.1) is 0 Å². The summed E-state index contributed by atoms with van der Waals surface area (Å²) in [5, 5.41) is 0.0580. The normalized spacial score (nSPS) is 24.8. The van der Waals surface area contributed by atoms with Crippen LogP contribution in [0.2, 0.25) is 0 Å². The van der Waals surface area contributed by atoms with Gasteiger partial charge in [-0.2, -0.15) is 0 Å². The Morgan fingerprint density at radius 1 is 1.64 bits per heavy atom. The zero-order chi connectivity index (χ0) is 10.6. The number of rotatable bonds is 4. The number of nitrogens with one attached hydrogen (secondary N) is 1. The summed E-state index contributed by atoms with van der Waals surface area (Å²) in [5.74, 6) is 0.449. The van der Waals surface area contributed by atoms with Gasteiger partial charge in [0.05, 0.1) is 24.4 Å². The van der Waals surface area contributed by atoms with Crippen LogP contribution in [0.1, 0.15) is 6.42 Å². The van der Waals surface area contributed by atoms with Crippen molar-refractivity contribution in [3.63, 3.8) is 0 Å². The number of sulfone groups is 1. The van der Waals surface area contributed by atoms with E-state index >= 15 is 0 Å². The Morgan fingerprint density at radius 3 is 2.86 bits per heavy atom. The molecule has 1 heterocycles. The van der Waals surface area contributed by atoms with Crippen LogP contribution in [0.4, 0.5) is 0 Å². The molecule has 5 nitrogen and oxygen atoms in total. The van der Waals surface area contributed by atoms with Crippen molar-refractivity contribution in [2.45, 2.75) is 11.7 Å². The molecule has 1 fully saturated rings. The average molecular weight is 239 g/mol. The van der Waals surface area contributed by atoms with Crippen LogP contribution in [0.3, 0.4) is 0 Å². The van der Waals surface area contributed by atoms with E-state index in [2.05, 4.69) is 10.3 Å². The molecule has 1 aliphatic rings. The van der Waals surface area contributed by atoms with Crippen LogP contribution in [-0.4, -0.2) is 43.9 Å². The first kappa shape index (κ1) is 11.8. The van der Waals surface area contributed by atoms with Gasteiger partial charge in [-0.05, 0) is 6.42 Å². The highest BCUT2D eigenvalue weighted by Crippen LogP contribution is 2.23. The Hall–Kier alpha value is -0.270.